The Balaban J connectivity index is 1.90. The number of aromatic nitrogens is 3. The van der Waals surface area contributed by atoms with Crippen LogP contribution in [-0.4, -0.2) is 44.5 Å². The second-order valence-corrected chi connectivity index (χ2v) is 9.42. The minimum Gasteiger partial charge on any atom is -0.494 e. The maximum absolute atomic E-state index is 13.1. The minimum atomic E-state index is -0.679. The number of hydrogen-bond acceptors (Lipinski definition) is 6. The predicted molar refractivity (Wildman–Crippen MR) is 113 cm³/mol. The van der Waals surface area contributed by atoms with Crippen LogP contribution in [0.5, 0.6) is 5.88 Å². The van der Waals surface area contributed by atoms with E-state index in [1.54, 1.807) is 4.57 Å². The molecule has 1 aliphatic carbocycles. The number of fused-ring (bicyclic) bond motifs is 1. The zero-order valence-corrected chi connectivity index (χ0v) is 17.6. The molecule has 1 aliphatic heterocycles. The van der Waals surface area contributed by atoms with Gasteiger partial charge >= 0.3 is 0 Å². The van der Waals surface area contributed by atoms with Crippen molar-refractivity contribution in [3.8, 4) is 5.88 Å². The van der Waals surface area contributed by atoms with Crippen molar-refractivity contribution in [2.45, 2.75) is 52.6 Å². The van der Waals surface area contributed by atoms with Crippen molar-refractivity contribution in [1.29, 1.82) is 0 Å². The van der Waals surface area contributed by atoms with E-state index in [4.69, 9.17) is 10.5 Å². The van der Waals surface area contributed by atoms with Crippen LogP contribution in [-0.2, 0) is 11.3 Å². The first-order valence-electron chi connectivity index (χ1n) is 10.4. The highest BCUT2D eigenvalue weighted by molar-refractivity contribution is 5.97. The van der Waals surface area contributed by atoms with Gasteiger partial charge in [0.05, 0.1) is 12.2 Å². The lowest BCUT2D eigenvalue weighted by molar-refractivity contribution is 0.0944. The number of carbonyl (C=O) groups is 1. The maximum Gasteiger partial charge on any atom is 0.291 e. The Morgan fingerprint density at radius 1 is 1.37 bits per heavy atom. The van der Waals surface area contributed by atoms with Crippen molar-refractivity contribution in [3.05, 3.63) is 27.6 Å². The van der Waals surface area contributed by atoms with Crippen molar-refractivity contribution >= 4 is 23.4 Å². The van der Waals surface area contributed by atoms with Crippen LogP contribution < -0.4 is 16.6 Å². The second-order valence-electron chi connectivity index (χ2n) is 9.42. The number of nitrogens with zero attached hydrogens (tertiary/aromatic N) is 3. The highest BCUT2D eigenvalue weighted by Crippen LogP contribution is 2.30. The van der Waals surface area contributed by atoms with Gasteiger partial charge in [-0.25, -0.2) is 0 Å². The van der Waals surface area contributed by atoms with Crippen molar-refractivity contribution in [3.63, 3.8) is 0 Å². The molecule has 0 radical (unpaired) electrons. The highest BCUT2D eigenvalue weighted by atomic mass is 16.5. The van der Waals surface area contributed by atoms with Gasteiger partial charge in [0.1, 0.15) is 0 Å². The molecule has 1 saturated carbocycles. The summed E-state index contributed by atoms with van der Waals surface area (Å²) in [5.41, 5.74) is 5.86. The summed E-state index contributed by atoms with van der Waals surface area (Å²) in [5.74, 6) is -0.512. The van der Waals surface area contributed by atoms with Crippen LogP contribution >= 0.6 is 0 Å². The van der Waals surface area contributed by atoms with Crippen LogP contribution in [0, 0.1) is 11.3 Å². The molecule has 30 heavy (non-hydrogen) atoms. The van der Waals surface area contributed by atoms with Crippen LogP contribution in [0.4, 0.5) is 5.82 Å². The third-order valence-corrected chi connectivity index (χ3v) is 5.34. The molecule has 9 heteroatoms. The van der Waals surface area contributed by atoms with Crippen LogP contribution in [0.15, 0.2) is 10.9 Å². The van der Waals surface area contributed by atoms with E-state index in [2.05, 4.69) is 10.4 Å². The number of aromatic hydroxyl groups is 1. The van der Waals surface area contributed by atoms with E-state index >= 15 is 0 Å². The lowest BCUT2D eigenvalue weighted by Gasteiger charge is -2.23. The zero-order valence-electron chi connectivity index (χ0n) is 17.6. The smallest absolute Gasteiger partial charge is 0.291 e. The van der Waals surface area contributed by atoms with Gasteiger partial charge in [-0.3, -0.25) is 14.2 Å². The number of ether oxygens (including phenoxy) is 1. The van der Waals surface area contributed by atoms with Crippen LogP contribution in [0.3, 0.4) is 0 Å². The van der Waals surface area contributed by atoms with Gasteiger partial charge in [-0.1, -0.05) is 32.9 Å². The molecule has 2 aromatic rings. The molecule has 0 spiro atoms. The van der Waals surface area contributed by atoms with Gasteiger partial charge in [0.2, 0.25) is 5.88 Å². The van der Waals surface area contributed by atoms with E-state index in [0.717, 1.165) is 23.8 Å². The van der Waals surface area contributed by atoms with Crippen molar-refractivity contribution < 1.29 is 14.6 Å². The third-order valence-electron chi connectivity index (χ3n) is 5.34. The van der Waals surface area contributed by atoms with E-state index in [-0.39, 0.29) is 34.6 Å². The highest BCUT2D eigenvalue weighted by Gasteiger charge is 2.31. The van der Waals surface area contributed by atoms with E-state index in [0.29, 0.717) is 31.0 Å². The number of nitrogens with one attached hydrogen (secondary N) is 1. The summed E-state index contributed by atoms with van der Waals surface area (Å²) < 4.78 is 8.11. The fraction of sp³-hybridized carbons (Fsp3) is 0.571. The second kappa shape index (κ2) is 7.46. The molecule has 1 atom stereocenters. The molecule has 0 aromatic carbocycles. The topological polar surface area (TPSA) is 124 Å². The van der Waals surface area contributed by atoms with Gasteiger partial charge < -0.3 is 20.9 Å². The third kappa shape index (κ3) is 3.94. The summed E-state index contributed by atoms with van der Waals surface area (Å²) in [4.78, 5) is 25.8. The lowest BCUT2D eigenvalue weighted by atomic mass is 9.96. The molecule has 0 bridgehead atoms. The van der Waals surface area contributed by atoms with Gasteiger partial charge in [-0.2, -0.15) is 4.52 Å². The molecule has 9 nitrogen and oxygen atoms in total. The van der Waals surface area contributed by atoms with Crippen molar-refractivity contribution in [2.75, 3.05) is 18.9 Å². The van der Waals surface area contributed by atoms with Gasteiger partial charge in [-0.05, 0) is 24.7 Å². The summed E-state index contributed by atoms with van der Waals surface area (Å²) in [5, 5.41) is 18.0. The van der Waals surface area contributed by atoms with E-state index in [1.165, 1.54) is 0 Å². The average Bonchev–Trinajstić information content (AvgIpc) is 3.18. The molecule has 3 heterocycles. The monoisotopic (exact) mass is 415 g/mol. The first-order chi connectivity index (χ1) is 14.2. The van der Waals surface area contributed by atoms with Crippen LogP contribution in [0.25, 0.3) is 11.7 Å². The summed E-state index contributed by atoms with van der Waals surface area (Å²) >= 11 is 0. The summed E-state index contributed by atoms with van der Waals surface area (Å²) in [7, 11) is 0. The number of nitrogen functional groups attached to an aromatic ring is 1. The van der Waals surface area contributed by atoms with Gasteiger partial charge in [0, 0.05) is 25.1 Å². The quantitative estimate of drug-likeness (QED) is 0.684. The summed E-state index contributed by atoms with van der Waals surface area (Å²) in [6.07, 6.45) is 6.50. The Morgan fingerprint density at radius 3 is 2.70 bits per heavy atom. The number of rotatable bonds is 5. The minimum absolute atomic E-state index is 0.0536. The van der Waals surface area contributed by atoms with E-state index < -0.39 is 11.5 Å². The standard InChI is InChI=1S/C21H29N5O4/c1-21(2,3)11-25-18-14(7-4-12-8-9-30-10-12)16(22)24-26(18)20(29)15(19(25)28)17(27)23-13-5-6-13/h4,7,12-13,28H,5-6,8-11H2,1-3H3,(H2,22,24)(H,23,27). The maximum atomic E-state index is 13.1. The molecule has 4 N–H and O–H groups in total. The van der Waals surface area contributed by atoms with E-state index in [9.17, 15) is 14.7 Å². The van der Waals surface area contributed by atoms with Crippen molar-refractivity contribution in [2.24, 2.45) is 11.3 Å². The number of carbonyl (C=O) groups excluding carboxylic acids is 1. The normalized spacial score (nSPS) is 19.8. The Labute approximate surface area is 174 Å². The molecule has 2 aliphatic rings. The van der Waals surface area contributed by atoms with Gasteiger partial charge in [0.25, 0.3) is 11.5 Å². The van der Waals surface area contributed by atoms with Crippen LogP contribution in [0.1, 0.15) is 56.0 Å². The molecule has 1 unspecified atom stereocenters. The SMILES string of the molecule is CC(C)(C)Cn1c(O)c(C(=O)NC2CC2)c(=O)n2nc(N)c(C=CC3CCOC3)c12. The Kier molecular flexibility index (Phi) is 5.09. The molecule has 1 saturated heterocycles. The molecule has 162 valence electrons. The fourth-order valence-corrected chi connectivity index (χ4v) is 3.68. The first kappa shape index (κ1) is 20.5. The van der Waals surface area contributed by atoms with Crippen LogP contribution in [0.2, 0.25) is 0 Å². The molecular weight excluding hydrogens is 386 g/mol. The Morgan fingerprint density at radius 2 is 2.10 bits per heavy atom. The zero-order chi connectivity index (χ0) is 21.6. The summed E-state index contributed by atoms with van der Waals surface area (Å²) in [6.45, 7) is 7.75. The van der Waals surface area contributed by atoms with Gasteiger partial charge in [0.15, 0.2) is 17.0 Å². The molecule has 1 amide bonds. The first-order valence-corrected chi connectivity index (χ1v) is 10.4. The largest absolute Gasteiger partial charge is 0.494 e. The lowest BCUT2D eigenvalue weighted by Crippen LogP contribution is -2.35. The summed E-state index contributed by atoms with van der Waals surface area (Å²) in [6, 6.07) is 0.0536. The molecule has 2 fully saturated rings. The Hall–Kier alpha value is -2.81. The number of anilines is 1. The Bertz CT molecular complexity index is 1070. The molecular formula is C21H29N5O4. The number of nitrogens with two attached hydrogens (primary N) is 1. The number of amides is 1. The van der Waals surface area contributed by atoms with E-state index in [1.807, 2.05) is 32.9 Å². The number of hydrogen-bond donors (Lipinski definition) is 3. The predicted octanol–water partition coefficient (Wildman–Crippen LogP) is 1.77. The average molecular weight is 415 g/mol. The molecule has 2 aromatic heterocycles. The fourth-order valence-electron chi connectivity index (χ4n) is 3.68. The molecule has 4 rings (SSSR count). The van der Waals surface area contributed by atoms with Crippen molar-refractivity contribution in [1.82, 2.24) is 19.5 Å². The van der Waals surface area contributed by atoms with Gasteiger partial charge in [-0.15, -0.1) is 5.10 Å².